The second-order valence-corrected chi connectivity index (χ2v) is 5.36. The quantitative estimate of drug-likeness (QED) is 0.820. The fraction of sp³-hybridized carbons (Fsp3) is 0.438. The van der Waals surface area contributed by atoms with Crippen molar-refractivity contribution in [1.82, 2.24) is 0 Å². The zero-order chi connectivity index (χ0) is 13.2. The molecular weight excluding hydrogens is 224 g/mol. The van der Waals surface area contributed by atoms with Gasteiger partial charge in [-0.1, -0.05) is 29.8 Å². The molecule has 1 aliphatic carbocycles. The first-order chi connectivity index (χ1) is 8.56. The Morgan fingerprint density at radius 1 is 1.44 bits per heavy atom. The van der Waals surface area contributed by atoms with E-state index in [1.165, 1.54) is 5.56 Å². The third-order valence-electron chi connectivity index (χ3n) is 3.97. The number of carbonyl (C=O) groups is 1. The highest BCUT2D eigenvalue weighted by Gasteiger charge is 2.42. The summed E-state index contributed by atoms with van der Waals surface area (Å²) in [4.78, 5) is 11.8. The summed E-state index contributed by atoms with van der Waals surface area (Å²) in [6, 6.07) is 7.99. The average Bonchev–Trinajstić information content (AvgIpc) is 2.36. The molecule has 0 aliphatic heterocycles. The van der Waals surface area contributed by atoms with Gasteiger partial charge in [-0.15, -0.1) is 6.58 Å². The van der Waals surface area contributed by atoms with Crippen LogP contribution in [0.4, 0.5) is 0 Å². The van der Waals surface area contributed by atoms with E-state index in [9.17, 15) is 9.90 Å². The normalized spacial score (nSPS) is 22.3. The van der Waals surface area contributed by atoms with Crippen molar-refractivity contribution in [2.24, 2.45) is 0 Å². The first-order valence-electron chi connectivity index (χ1n) is 6.52. The average molecular weight is 244 g/mol. The monoisotopic (exact) mass is 244 g/mol. The topological polar surface area (TPSA) is 37.3 Å². The van der Waals surface area contributed by atoms with Crippen LogP contribution in [0.5, 0.6) is 0 Å². The number of benzene rings is 1. The molecule has 0 saturated carbocycles. The smallest absolute Gasteiger partial charge is 0.314 e. The van der Waals surface area contributed by atoms with Crippen LogP contribution in [0.1, 0.15) is 43.7 Å². The van der Waals surface area contributed by atoms with E-state index >= 15 is 0 Å². The Labute approximate surface area is 108 Å². The van der Waals surface area contributed by atoms with E-state index in [0.29, 0.717) is 6.42 Å². The molecule has 0 aromatic heterocycles. The minimum Gasteiger partial charge on any atom is -0.481 e. The van der Waals surface area contributed by atoms with Gasteiger partial charge in [0, 0.05) is 0 Å². The van der Waals surface area contributed by atoms with Crippen LogP contribution in [0.25, 0.3) is 0 Å². The molecule has 2 rings (SSSR count). The van der Waals surface area contributed by atoms with Crippen LogP contribution in [0.2, 0.25) is 0 Å². The maximum Gasteiger partial charge on any atom is 0.314 e. The van der Waals surface area contributed by atoms with Gasteiger partial charge in [0.05, 0.1) is 5.41 Å². The number of carboxylic acid groups (broad SMARTS) is 1. The number of carboxylic acids is 1. The Kier molecular flexibility index (Phi) is 3.55. The molecule has 1 N–H and O–H groups in total. The standard InChI is InChI=1S/C16H20O2/c1-12(2)9-11-16(15(17)18)10-5-7-13-6-3-4-8-14(13)16/h3-4,6,8H,1,5,7,9-11H2,2H3,(H,17,18). The lowest BCUT2D eigenvalue weighted by Crippen LogP contribution is -2.39. The van der Waals surface area contributed by atoms with Gasteiger partial charge in [0.25, 0.3) is 0 Å². The van der Waals surface area contributed by atoms with Gasteiger partial charge < -0.3 is 5.11 Å². The Bertz CT molecular complexity index is 476. The Hall–Kier alpha value is -1.57. The second-order valence-electron chi connectivity index (χ2n) is 5.36. The molecule has 2 nitrogen and oxygen atoms in total. The van der Waals surface area contributed by atoms with Gasteiger partial charge in [-0.2, -0.15) is 0 Å². The van der Waals surface area contributed by atoms with E-state index in [0.717, 1.165) is 36.8 Å². The molecule has 0 heterocycles. The lowest BCUT2D eigenvalue weighted by Gasteiger charge is -2.35. The number of allylic oxidation sites excluding steroid dienone is 1. The van der Waals surface area contributed by atoms with Crippen molar-refractivity contribution in [3.8, 4) is 0 Å². The lowest BCUT2D eigenvalue weighted by atomic mass is 9.67. The maximum absolute atomic E-state index is 11.8. The van der Waals surface area contributed by atoms with E-state index in [1.807, 2.05) is 25.1 Å². The summed E-state index contributed by atoms with van der Waals surface area (Å²) in [6.07, 6.45) is 4.14. The predicted molar refractivity (Wildman–Crippen MR) is 72.7 cm³/mol. The van der Waals surface area contributed by atoms with Gasteiger partial charge in [-0.05, 0) is 50.2 Å². The number of aliphatic carboxylic acids is 1. The van der Waals surface area contributed by atoms with E-state index in [-0.39, 0.29) is 0 Å². The molecule has 0 radical (unpaired) electrons. The summed E-state index contributed by atoms with van der Waals surface area (Å²) in [5.74, 6) is -0.684. The van der Waals surface area contributed by atoms with Crippen molar-refractivity contribution < 1.29 is 9.90 Å². The first kappa shape index (κ1) is 12.9. The molecule has 0 spiro atoms. The van der Waals surface area contributed by atoms with Gasteiger partial charge in [-0.3, -0.25) is 4.79 Å². The number of hydrogen-bond donors (Lipinski definition) is 1. The van der Waals surface area contributed by atoms with E-state index < -0.39 is 11.4 Å². The highest BCUT2D eigenvalue weighted by atomic mass is 16.4. The van der Waals surface area contributed by atoms with Crippen molar-refractivity contribution >= 4 is 5.97 Å². The molecule has 96 valence electrons. The summed E-state index contributed by atoms with van der Waals surface area (Å²) in [7, 11) is 0. The molecule has 0 saturated heterocycles. The van der Waals surface area contributed by atoms with E-state index in [2.05, 4.69) is 12.6 Å². The Morgan fingerprint density at radius 3 is 2.83 bits per heavy atom. The first-order valence-corrected chi connectivity index (χ1v) is 6.52. The van der Waals surface area contributed by atoms with Crippen molar-refractivity contribution in [2.75, 3.05) is 0 Å². The van der Waals surface area contributed by atoms with Crippen molar-refractivity contribution in [1.29, 1.82) is 0 Å². The fourth-order valence-electron chi connectivity index (χ4n) is 2.94. The van der Waals surface area contributed by atoms with Gasteiger partial charge >= 0.3 is 5.97 Å². The predicted octanol–water partition coefficient (Wildman–Crippen LogP) is 3.70. The molecule has 2 heteroatoms. The second kappa shape index (κ2) is 4.97. The van der Waals surface area contributed by atoms with Gasteiger partial charge in [0.15, 0.2) is 0 Å². The molecule has 18 heavy (non-hydrogen) atoms. The minimum atomic E-state index is -0.701. The minimum absolute atomic E-state index is 0.661. The van der Waals surface area contributed by atoms with E-state index in [1.54, 1.807) is 0 Å². The molecule has 1 aromatic rings. The molecular formula is C16H20O2. The summed E-state index contributed by atoms with van der Waals surface area (Å²) in [5.41, 5.74) is 2.57. The van der Waals surface area contributed by atoms with Crippen molar-refractivity contribution in [2.45, 2.75) is 44.4 Å². The molecule has 0 fully saturated rings. The van der Waals surface area contributed by atoms with Crippen LogP contribution < -0.4 is 0 Å². The molecule has 1 aromatic carbocycles. The molecule has 1 atom stereocenters. The number of hydrogen-bond acceptors (Lipinski definition) is 1. The third-order valence-corrected chi connectivity index (χ3v) is 3.97. The zero-order valence-electron chi connectivity index (χ0n) is 10.9. The lowest BCUT2D eigenvalue weighted by molar-refractivity contribution is -0.144. The molecule has 1 unspecified atom stereocenters. The fourth-order valence-corrected chi connectivity index (χ4v) is 2.94. The molecule has 1 aliphatic rings. The van der Waals surface area contributed by atoms with Crippen molar-refractivity contribution in [3.05, 3.63) is 47.5 Å². The third kappa shape index (κ3) is 2.20. The van der Waals surface area contributed by atoms with Crippen LogP contribution in [0, 0.1) is 0 Å². The Morgan fingerprint density at radius 2 is 2.17 bits per heavy atom. The largest absolute Gasteiger partial charge is 0.481 e. The van der Waals surface area contributed by atoms with Gasteiger partial charge in [-0.25, -0.2) is 0 Å². The van der Waals surface area contributed by atoms with E-state index in [4.69, 9.17) is 0 Å². The van der Waals surface area contributed by atoms with Crippen LogP contribution in [-0.4, -0.2) is 11.1 Å². The zero-order valence-corrected chi connectivity index (χ0v) is 10.9. The SMILES string of the molecule is C=C(C)CCC1(C(=O)O)CCCc2ccccc21. The summed E-state index contributed by atoms with van der Waals surface area (Å²) < 4.78 is 0. The van der Waals surface area contributed by atoms with Gasteiger partial charge in [0.2, 0.25) is 0 Å². The summed E-state index contributed by atoms with van der Waals surface area (Å²) in [5, 5.41) is 9.72. The van der Waals surface area contributed by atoms with Gasteiger partial charge in [0.1, 0.15) is 0 Å². The van der Waals surface area contributed by atoms with Crippen LogP contribution in [0.3, 0.4) is 0 Å². The maximum atomic E-state index is 11.8. The summed E-state index contributed by atoms with van der Waals surface area (Å²) >= 11 is 0. The number of fused-ring (bicyclic) bond motifs is 1. The molecule has 0 amide bonds. The highest BCUT2D eigenvalue weighted by molar-refractivity contribution is 5.82. The van der Waals surface area contributed by atoms with Crippen molar-refractivity contribution in [3.63, 3.8) is 0 Å². The summed E-state index contributed by atoms with van der Waals surface area (Å²) in [6.45, 7) is 5.86. The van der Waals surface area contributed by atoms with Crippen LogP contribution >= 0.6 is 0 Å². The molecule has 0 bridgehead atoms. The number of aryl methyl sites for hydroxylation is 1. The van der Waals surface area contributed by atoms with Crippen LogP contribution in [-0.2, 0) is 16.6 Å². The Balaban J connectivity index is 2.42. The van der Waals surface area contributed by atoms with Crippen LogP contribution in [0.15, 0.2) is 36.4 Å². The highest BCUT2D eigenvalue weighted by Crippen LogP contribution is 2.41. The number of rotatable bonds is 4.